The first-order valence-electron chi connectivity index (χ1n) is 10.1. The summed E-state index contributed by atoms with van der Waals surface area (Å²) in [5, 5.41) is 5.70. The minimum atomic E-state index is -0.795. The highest BCUT2D eigenvalue weighted by Crippen LogP contribution is 2.16. The SMILES string of the molecule is CCOC(=O)Oc1ccc(C(=O)Nc2cccc(CNC(=O)c3cccc(C)c3)c2)cc1. The van der Waals surface area contributed by atoms with Gasteiger partial charge < -0.3 is 20.1 Å². The Morgan fingerprint density at radius 1 is 0.844 bits per heavy atom. The average molecular weight is 432 g/mol. The van der Waals surface area contributed by atoms with E-state index in [0.29, 0.717) is 23.4 Å². The van der Waals surface area contributed by atoms with Gasteiger partial charge in [-0.3, -0.25) is 9.59 Å². The summed E-state index contributed by atoms with van der Waals surface area (Å²) in [6, 6.07) is 20.7. The van der Waals surface area contributed by atoms with Gasteiger partial charge in [-0.25, -0.2) is 4.79 Å². The van der Waals surface area contributed by atoms with Crippen molar-refractivity contribution in [2.45, 2.75) is 20.4 Å². The lowest BCUT2D eigenvalue weighted by Gasteiger charge is -2.10. The Morgan fingerprint density at radius 3 is 2.31 bits per heavy atom. The van der Waals surface area contributed by atoms with Crippen molar-refractivity contribution in [3.05, 3.63) is 95.1 Å². The molecule has 0 spiro atoms. The van der Waals surface area contributed by atoms with Crippen molar-refractivity contribution in [3.8, 4) is 5.75 Å². The summed E-state index contributed by atoms with van der Waals surface area (Å²) in [6.45, 7) is 4.16. The van der Waals surface area contributed by atoms with Gasteiger partial charge in [-0.2, -0.15) is 0 Å². The predicted octanol–water partition coefficient (Wildman–Crippen LogP) is 4.71. The number of rotatable bonds is 7. The Balaban J connectivity index is 1.57. The molecule has 0 bridgehead atoms. The van der Waals surface area contributed by atoms with Gasteiger partial charge in [-0.1, -0.05) is 29.8 Å². The highest BCUT2D eigenvalue weighted by molar-refractivity contribution is 6.04. The molecule has 164 valence electrons. The van der Waals surface area contributed by atoms with Gasteiger partial charge in [0.05, 0.1) is 6.61 Å². The first kappa shape index (κ1) is 22.6. The fourth-order valence-electron chi connectivity index (χ4n) is 2.95. The number of ether oxygens (including phenoxy) is 2. The largest absolute Gasteiger partial charge is 0.513 e. The van der Waals surface area contributed by atoms with E-state index in [1.165, 1.54) is 12.1 Å². The number of nitrogens with one attached hydrogen (secondary N) is 2. The van der Waals surface area contributed by atoms with Crippen LogP contribution in [0.3, 0.4) is 0 Å². The molecule has 0 saturated carbocycles. The van der Waals surface area contributed by atoms with E-state index in [9.17, 15) is 14.4 Å². The number of hydrogen-bond acceptors (Lipinski definition) is 5. The maximum absolute atomic E-state index is 12.5. The van der Waals surface area contributed by atoms with Gasteiger partial charge in [-0.05, 0) is 67.9 Å². The lowest BCUT2D eigenvalue weighted by molar-refractivity contribution is 0.0949. The van der Waals surface area contributed by atoms with Gasteiger partial charge in [0.2, 0.25) is 0 Å². The van der Waals surface area contributed by atoms with E-state index < -0.39 is 6.16 Å². The zero-order chi connectivity index (χ0) is 22.9. The molecule has 0 fully saturated rings. The van der Waals surface area contributed by atoms with E-state index in [1.807, 2.05) is 31.2 Å². The van der Waals surface area contributed by atoms with Gasteiger partial charge in [-0.15, -0.1) is 0 Å². The first-order chi connectivity index (χ1) is 15.4. The summed E-state index contributed by atoms with van der Waals surface area (Å²) in [6.07, 6.45) is -0.795. The fraction of sp³-hybridized carbons (Fsp3) is 0.160. The molecule has 0 aliphatic heterocycles. The maximum atomic E-state index is 12.5. The Kier molecular flexibility index (Phi) is 7.59. The molecule has 32 heavy (non-hydrogen) atoms. The molecule has 0 aromatic heterocycles. The van der Waals surface area contributed by atoms with Crippen LogP contribution in [0.2, 0.25) is 0 Å². The van der Waals surface area contributed by atoms with Crippen molar-refractivity contribution in [3.63, 3.8) is 0 Å². The van der Waals surface area contributed by atoms with Crippen molar-refractivity contribution in [1.29, 1.82) is 0 Å². The molecule has 2 amide bonds. The first-order valence-corrected chi connectivity index (χ1v) is 10.1. The Bertz CT molecular complexity index is 1110. The molecule has 0 aliphatic rings. The molecule has 0 radical (unpaired) electrons. The molecule has 2 N–H and O–H groups in total. The minimum Gasteiger partial charge on any atom is -0.434 e. The molecular formula is C25H24N2O5. The fourth-order valence-corrected chi connectivity index (χ4v) is 2.95. The van der Waals surface area contributed by atoms with Crippen LogP contribution in [-0.2, 0) is 11.3 Å². The summed E-state index contributed by atoms with van der Waals surface area (Å²) in [4.78, 5) is 36.2. The summed E-state index contributed by atoms with van der Waals surface area (Å²) >= 11 is 0. The molecule has 3 aromatic rings. The van der Waals surface area contributed by atoms with E-state index in [1.54, 1.807) is 43.3 Å². The Hall–Kier alpha value is -4.13. The highest BCUT2D eigenvalue weighted by atomic mass is 16.7. The van der Waals surface area contributed by atoms with Crippen molar-refractivity contribution < 1.29 is 23.9 Å². The summed E-state index contributed by atoms with van der Waals surface area (Å²) in [5.41, 5.74) is 3.47. The van der Waals surface area contributed by atoms with Gasteiger partial charge in [0.25, 0.3) is 11.8 Å². The zero-order valence-electron chi connectivity index (χ0n) is 17.9. The van der Waals surface area contributed by atoms with Crippen LogP contribution in [0.5, 0.6) is 5.75 Å². The molecule has 7 heteroatoms. The van der Waals surface area contributed by atoms with Crippen molar-refractivity contribution in [2.75, 3.05) is 11.9 Å². The summed E-state index contributed by atoms with van der Waals surface area (Å²) in [5.74, 6) is -0.187. The Labute approximate surface area is 186 Å². The average Bonchev–Trinajstić information content (AvgIpc) is 2.78. The van der Waals surface area contributed by atoms with Crippen LogP contribution in [-0.4, -0.2) is 24.6 Å². The normalized spacial score (nSPS) is 10.2. The van der Waals surface area contributed by atoms with Gasteiger partial charge in [0.15, 0.2) is 0 Å². The highest BCUT2D eigenvalue weighted by Gasteiger charge is 2.10. The van der Waals surface area contributed by atoms with E-state index in [0.717, 1.165) is 11.1 Å². The van der Waals surface area contributed by atoms with Gasteiger partial charge in [0, 0.05) is 23.4 Å². The second-order valence-electron chi connectivity index (χ2n) is 7.02. The molecule has 3 rings (SSSR count). The maximum Gasteiger partial charge on any atom is 0.513 e. The number of aryl methyl sites for hydroxylation is 1. The lowest BCUT2D eigenvalue weighted by atomic mass is 10.1. The quantitative estimate of drug-likeness (QED) is 0.416. The third-order valence-electron chi connectivity index (χ3n) is 4.50. The number of amides is 2. The summed E-state index contributed by atoms with van der Waals surface area (Å²) < 4.78 is 9.69. The van der Waals surface area contributed by atoms with E-state index in [2.05, 4.69) is 10.6 Å². The second-order valence-corrected chi connectivity index (χ2v) is 7.02. The molecule has 0 aliphatic carbocycles. The molecule has 7 nitrogen and oxygen atoms in total. The molecule has 3 aromatic carbocycles. The molecule has 0 atom stereocenters. The number of hydrogen-bond donors (Lipinski definition) is 2. The van der Waals surface area contributed by atoms with Crippen LogP contribution in [0.25, 0.3) is 0 Å². The van der Waals surface area contributed by atoms with E-state index >= 15 is 0 Å². The van der Waals surface area contributed by atoms with Crippen LogP contribution in [0, 0.1) is 6.92 Å². The molecule has 0 unspecified atom stereocenters. The van der Waals surface area contributed by atoms with Gasteiger partial charge >= 0.3 is 6.16 Å². The number of carbonyl (C=O) groups is 3. The van der Waals surface area contributed by atoms with Crippen molar-refractivity contribution >= 4 is 23.7 Å². The van der Waals surface area contributed by atoms with Crippen LogP contribution >= 0.6 is 0 Å². The lowest BCUT2D eigenvalue weighted by Crippen LogP contribution is -2.23. The standard InChI is InChI=1S/C25H24N2O5/c1-3-31-25(30)32-22-12-10-19(11-13-22)24(29)27-21-9-5-7-18(15-21)16-26-23(28)20-8-4-6-17(2)14-20/h4-15H,3,16H2,1-2H3,(H,26,28)(H,27,29). The van der Waals surface area contributed by atoms with E-state index in [4.69, 9.17) is 9.47 Å². The zero-order valence-corrected chi connectivity index (χ0v) is 17.9. The van der Waals surface area contributed by atoms with E-state index in [-0.39, 0.29) is 24.2 Å². The number of anilines is 1. The number of carbonyl (C=O) groups excluding carboxylic acids is 3. The second kappa shape index (κ2) is 10.8. The third kappa shape index (κ3) is 6.43. The molecule has 0 saturated heterocycles. The van der Waals surface area contributed by atoms with Crippen molar-refractivity contribution in [1.82, 2.24) is 5.32 Å². The van der Waals surface area contributed by atoms with Crippen molar-refractivity contribution in [2.24, 2.45) is 0 Å². The Morgan fingerprint density at radius 2 is 1.59 bits per heavy atom. The van der Waals surface area contributed by atoms with Crippen LogP contribution < -0.4 is 15.4 Å². The van der Waals surface area contributed by atoms with Crippen LogP contribution in [0.4, 0.5) is 10.5 Å². The third-order valence-corrected chi connectivity index (χ3v) is 4.50. The smallest absolute Gasteiger partial charge is 0.434 e. The number of benzene rings is 3. The predicted molar refractivity (Wildman–Crippen MR) is 121 cm³/mol. The molecular weight excluding hydrogens is 408 g/mol. The molecule has 0 heterocycles. The van der Waals surface area contributed by atoms with Crippen LogP contribution in [0.1, 0.15) is 38.8 Å². The van der Waals surface area contributed by atoms with Gasteiger partial charge in [0.1, 0.15) is 5.75 Å². The topological polar surface area (TPSA) is 93.7 Å². The summed E-state index contributed by atoms with van der Waals surface area (Å²) in [7, 11) is 0. The van der Waals surface area contributed by atoms with Crippen LogP contribution in [0.15, 0.2) is 72.8 Å². The monoisotopic (exact) mass is 432 g/mol. The minimum absolute atomic E-state index is 0.159.